The number of nitro benzene ring substituents is 1. The Hall–Kier alpha value is -2.93. The monoisotopic (exact) mass is 361 g/mol. The topological polar surface area (TPSA) is 93.8 Å². The smallest absolute Gasteiger partial charge is 0.277 e. The van der Waals surface area contributed by atoms with Gasteiger partial charge in [-0.2, -0.15) is 5.10 Å². The average molecular weight is 362 g/mol. The van der Waals surface area contributed by atoms with E-state index in [1.54, 1.807) is 0 Å². The van der Waals surface area contributed by atoms with Gasteiger partial charge in [-0.05, 0) is 43.2 Å². The van der Waals surface area contributed by atoms with Crippen LogP contribution in [0.4, 0.5) is 5.69 Å². The lowest BCUT2D eigenvalue weighted by molar-refractivity contribution is -0.384. The molecule has 0 radical (unpaired) electrons. The number of carbonyl (C=O) groups excluding carboxylic acids is 1. The quantitative estimate of drug-likeness (QED) is 0.484. The third-order valence-corrected chi connectivity index (χ3v) is 3.49. The van der Waals surface area contributed by atoms with Crippen molar-refractivity contribution >= 4 is 29.4 Å². The van der Waals surface area contributed by atoms with E-state index in [9.17, 15) is 14.9 Å². The van der Waals surface area contributed by atoms with Gasteiger partial charge in [0.05, 0.1) is 11.1 Å². The van der Waals surface area contributed by atoms with E-state index in [1.807, 2.05) is 32.0 Å². The van der Waals surface area contributed by atoms with Gasteiger partial charge in [0.2, 0.25) is 0 Å². The van der Waals surface area contributed by atoms with Crippen molar-refractivity contribution < 1.29 is 14.5 Å². The molecule has 0 aromatic heterocycles. The van der Waals surface area contributed by atoms with Crippen LogP contribution in [0.5, 0.6) is 5.75 Å². The normalized spacial score (nSPS) is 10.7. The van der Waals surface area contributed by atoms with Crippen molar-refractivity contribution in [2.24, 2.45) is 5.10 Å². The Morgan fingerprint density at radius 2 is 1.96 bits per heavy atom. The molecular weight excluding hydrogens is 346 g/mol. The highest BCUT2D eigenvalue weighted by molar-refractivity contribution is 6.33. The summed E-state index contributed by atoms with van der Waals surface area (Å²) in [7, 11) is 0. The number of hydrogen-bond donors (Lipinski definition) is 1. The Morgan fingerprint density at radius 3 is 2.60 bits per heavy atom. The minimum atomic E-state index is -0.538. The van der Waals surface area contributed by atoms with E-state index >= 15 is 0 Å². The van der Waals surface area contributed by atoms with Crippen LogP contribution in [-0.2, 0) is 4.79 Å². The summed E-state index contributed by atoms with van der Waals surface area (Å²) in [6, 6.07) is 9.60. The van der Waals surface area contributed by atoms with Crippen LogP contribution in [-0.4, -0.2) is 23.7 Å². The Balaban J connectivity index is 1.92. The molecule has 0 aliphatic carbocycles. The lowest BCUT2D eigenvalue weighted by atomic mass is 10.1. The van der Waals surface area contributed by atoms with Gasteiger partial charge >= 0.3 is 0 Å². The van der Waals surface area contributed by atoms with Crippen molar-refractivity contribution in [1.82, 2.24) is 5.43 Å². The van der Waals surface area contributed by atoms with Crippen LogP contribution in [0.2, 0.25) is 5.02 Å². The first-order chi connectivity index (χ1) is 11.8. The summed E-state index contributed by atoms with van der Waals surface area (Å²) in [5.74, 6) is 0.135. The van der Waals surface area contributed by atoms with Gasteiger partial charge in [0.25, 0.3) is 11.6 Å². The van der Waals surface area contributed by atoms with Crippen LogP contribution >= 0.6 is 11.6 Å². The van der Waals surface area contributed by atoms with Gasteiger partial charge in [-0.3, -0.25) is 14.9 Å². The zero-order valence-electron chi connectivity index (χ0n) is 13.7. The van der Waals surface area contributed by atoms with Gasteiger partial charge in [0, 0.05) is 22.7 Å². The summed E-state index contributed by atoms with van der Waals surface area (Å²) in [5.41, 5.74) is 4.57. The molecule has 2 aromatic carbocycles. The number of halogens is 1. The van der Waals surface area contributed by atoms with Gasteiger partial charge in [-0.1, -0.05) is 17.7 Å². The highest BCUT2D eigenvalue weighted by atomic mass is 35.5. The third-order valence-electron chi connectivity index (χ3n) is 3.15. The van der Waals surface area contributed by atoms with E-state index in [0.717, 1.165) is 11.1 Å². The maximum Gasteiger partial charge on any atom is 0.277 e. The number of hydrazone groups is 1. The molecule has 0 aliphatic rings. The predicted octanol–water partition coefficient (Wildman–Crippen LogP) is 3.39. The second kappa shape index (κ2) is 8.25. The fourth-order valence-corrected chi connectivity index (χ4v) is 2.28. The van der Waals surface area contributed by atoms with Gasteiger partial charge in [-0.25, -0.2) is 5.43 Å². The molecule has 0 saturated heterocycles. The molecule has 0 bridgehead atoms. The molecule has 130 valence electrons. The van der Waals surface area contributed by atoms with E-state index in [-0.39, 0.29) is 17.3 Å². The first-order valence-corrected chi connectivity index (χ1v) is 7.70. The Morgan fingerprint density at radius 1 is 1.28 bits per heavy atom. The largest absolute Gasteiger partial charge is 0.484 e. The van der Waals surface area contributed by atoms with Gasteiger partial charge in [-0.15, -0.1) is 0 Å². The minimum absolute atomic E-state index is 0.115. The number of benzene rings is 2. The third kappa shape index (κ3) is 5.58. The molecule has 1 amide bonds. The number of ether oxygens (including phenoxy) is 1. The summed E-state index contributed by atoms with van der Waals surface area (Å²) in [5, 5.41) is 14.8. The van der Waals surface area contributed by atoms with E-state index < -0.39 is 10.8 Å². The molecule has 25 heavy (non-hydrogen) atoms. The highest BCUT2D eigenvalue weighted by Crippen LogP contribution is 2.20. The predicted molar refractivity (Wildman–Crippen MR) is 95.3 cm³/mol. The first kappa shape index (κ1) is 18.4. The van der Waals surface area contributed by atoms with E-state index in [0.29, 0.717) is 11.3 Å². The number of amides is 1. The van der Waals surface area contributed by atoms with Crippen molar-refractivity contribution in [3.8, 4) is 5.75 Å². The number of nitro groups is 1. The van der Waals surface area contributed by atoms with Crippen LogP contribution in [0.25, 0.3) is 0 Å². The molecule has 0 saturated carbocycles. The summed E-state index contributed by atoms with van der Waals surface area (Å²) in [4.78, 5) is 22.0. The summed E-state index contributed by atoms with van der Waals surface area (Å²) in [6.45, 7) is 3.67. The maximum absolute atomic E-state index is 11.7. The molecule has 1 N–H and O–H groups in total. The molecule has 8 heteroatoms. The fraction of sp³-hybridized carbons (Fsp3) is 0.176. The fourth-order valence-electron chi connectivity index (χ4n) is 2.11. The number of carbonyl (C=O) groups is 1. The van der Waals surface area contributed by atoms with Gasteiger partial charge in [0.15, 0.2) is 6.61 Å². The number of nitrogens with zero attached hydrogens (tertiary/aromatic N) is 2. The average Bonchev–Trinajstić information content (AvgIpc) is 2.53. The van der Waals surface area contributed by atoms with Crippen molar-refractivity contribution in [1.29, 1.82) is 0 Å². The molecule has 7 nitrogen and oxygen atoms in total. The number of non-ortho nitro benzene ring substituents is 1. The number of hydrogen-bond acceptors (Lipinski definition) is 5. The first-order valence-electron chi connectivity index (χ1n) is 7.32. The summed E-state index contributed by atoms with van der Waals surface area (Å²) < 4.78 is 5.41. The summed E-state index contributed by atoms with van der Waals surface area (Å²) in [6.07, 6.45) is 1.24. The van der Waals surface area contributed by atoms with Gasteiger partial charge < -0.3 is 4.74 Å². The number of aryl methyl sites for hydroxylation is 2. The SMILES string of the molecule is Cc1cc(C)cc(OCC(=O)NN=Cc2cc([N+](=O)[O-])ccc2Cl)c1. The Bertz CT molecular complexity index is 816. The Labute approximate surface area is 149 Å². The van der Waals surface area contributed by atoms with Crippen molar-refractivity contribution in [2.45, 2.75) is 13.8 Å². The molecule has 0 heterocycles. The van der Waals surface area contributed by atoms with Crippen molar-refractivity contribution in [3.05, 3.63) is 68.2 Å². The van der Waals surface area contributed by atoms with Crippen LogP contribution in [0.15, 0.2) is 41.5 Å². The van der Waals surface area contributed by atoms with Gasteiger partial charge in [0.1, 0.15) is 5.75 Å². The Kier molecular flexibility index (Phi) is 6.08. The van der Waals surface area contributed by atoms with Crippen molar-refractivity contribution in [2.75, 3.05) is 6.61 Å². The zero-order valence-corrected chi connectivity index (χ0v) is 14.4. The second-order valence-electron chi connectivity index (χ2n) is 5.37. The second-order valence-corrected chi connectivity index (χ2v) is 5.78. The summed E-state index contributed by atoms with van der Waals surface area (Å²) >= 11 is 5.94. The molecule has 0 spiro atoms. The van der Waals surface area contributed by atoms with Crippen molar-refractivity contribution in [3.63, 3.8) is 0 Å². The van der Waals surface area contributed by atoms with Crippen LogP contribution < -0.4 is 10.2 Å². The molecule has 0 atom stereocenters. The minimum Gasteiger partial charge on any atom is -0.484 e. The molecule has 2 aromatic rings. The lowest BCUT2D eigenvalue weighted by Gasteiger charge is -2.07. The lowest BCUT2D eigenvalue weighted by Crippen LogP contribution is -2.24. The van der Waals surface area contributed by atoms with Crippen LogP contribution in [0, 0.1) is 24.0 Å². The zero-order chi connectivity index (χ0) is 18.4. The van der Waals surface area contributed by atoms with Crippen LogP contribution in [0.1, 0.15) is 16.7 Å². The molecule has 0 aliphatic heterocycles. The van der Waals surface area contributed by atoms with E-state index in [1.165, 1.54) is 24.4 Å². The molecular formula is C17H16ClN3O4. The van der Waals surface area contributed by atoms with E-state index in [4.69, 9.17) is 16.3 Å². The maximum atomic E-state index is 11.7. The standard InChI is InChI=1S/C17H16ClN3O4/c1-11-5-12(2)7-15(6-11)25-10-17(22)20-19-9-13-8-14(21(23)24)3-4-16(13)18/h3-9H,10H2,1-2H3,(H,20,22). The number of rotatable bonds is 6. The number of nitrogens with one attached hydrogen (secondary N) is 1. The molecule has 0 fully saturated rings. The molecule has 0 unspecified atom stereocenters. The van der Waals surface area contributed by atoms with Crippen LogP contribution in [0.3, 0.4) is 0 Å². The highest BCUT2D eigenvalue weighted by Gasteiger charge is 2.08. The molecule has 2 rings (SSSR count). The van der Waals surface area contributed by atoms with E-state index in [2.05, 4.69) is 10.5 Å².